The van der Waals surface area contributed by atoms with Crippen LogP contribution in [0.1, 0.15) is 16.7 Å². The van der Waals surface area contributed by atoms with Gasteiger partial charge in [0.2, 0.25) is 9.84 Å². The summed E-state index contributed by atoms with van der Waals surface area (Å²) < 4.78 is 52.5. The summed E-state index contributed by atoms with van der Waals surface area (Å²) in [7, 11) is -7.88. The quantitative estimate of drug-likeness (QED) is 0.366. The minimum absolute atomic E-state index is 0.0250. The highest BCUT2D eigenvalue weighted by Crippen LogP contribution is 2.35. The van der Waals surface area contributed by atoms with Gasteiger partial charge in [-0.15, -0.1) is 4.83 Å². The molecule has 9 heteroatoms. The van der Waals surface area contributed by atoms with E-state index < -0.39 is 19.9 Å². The lowest BCUT2D eigenvalue weighted by atomic mass is 10.2. The molecule has 0 bridgehead atoms. The van der Waals surface area contributed by atoms with Crippen LogP contribution in [0.25, 0.3) is 10.9 Å². The van der Waals surface area contributed by atoms with Gasteiger partial charge >= 0.3 is 0 Å². The van der Waals surface area contributed by atoms with E-state index in [1.165, 1.54) is 24.3 Å². The zero-order valence-electron chi connectivity index (χ0n) is 17.8. The molecule has 1 aromatic heterocycles. The molecule has 0 spiro atoms. The van der Waals surface area contributed by atoms with Gasteiger partial charge in [-0.3, -0.25) is 5.43 Å². The summed E-state index contributed by atoms with van der Waals surface area (Å²) in [6.07, 6.45) is 0. The van der Waals surface area contributed by atoms with Crippen molar-refractivity contribution < 1.29 is 16.8 Å². The van der Waals surface area contributed by atoms with Crippen molar-refractivity contribution in [1.29, 1.82) is 0 Å². The van der Waals surface area contributed by atoms with Crippen LogP contribution in [0.15, 0.2) is 81.4 Å². The molecule has 4 rings (SSSR count). The maximum Gasteiger partial charge on any atom is 0.257 e. The smallest absolute Gasteiger partial charge is 0.257 e. The Kier molecular flexibility index (Phi) is 5.58. The Labute approximate surface area is 187 Å². The molecule has 0 aliphatic rings. The van der Waals surface area contributed by atoms with E-state index in [0.29, 0.717) is 10.9 Å². The maximum atomic E-state index is 13.5. The average molecular weight is 470 g/mol. The molecule has 3 aromatic carbocycles. The number of rotatable bonds is 6. The molecular weight excluding hydrogens is 446 g/mol. The molecule has 0 aliphatic carbocycles. The number of hydrogen-bond acceptors (Lipinski definition) is 5. The van der Waals surface area contributed by atoms with E-state index >= 15 is 0 Å². The van der Waals surface area contributed by atoms with Crippen LogP contribution in [-0.4, -0.2) is 21.8 Å². The van der Waals surface area contributed by atoms with Gasteiger partial charge in [0.1, 0.15) is 10.7 Å². The SMILES string of the molecule is Cc1ccc(S(=O)(=O)NNc2[nH]c3cc(C)ccc3c2S(=O)(=O)c2ccc(C)cc2)cc1. The summed E-state index contributed by atoms with van der Waals surface area (Å²) in [5, 5.41) is 0.466. The Morgan fingerprint density at radius 1 is 0.688 bits per heavy atom. The molecule has 0 saturated carbocycles. The highest BCUT2D eigenvalue weighted by molar-refractivity contribution is 7.92. The van der Waals surface area contributed by atoms with Gasteiger partial charge in [0.05, 0.1) is 9.79 Å². The molecule has 3 N–H and O–H groups in total. The Balaban J connectivity index is 1.79. The number of sulfone groups is 1. The fraction of sp³-hybridized carbons (Fsp3) is 0.130. The minimum atomic E-state index is -3.95. The first-order valence-corrected chi connectivity index (χ1v) is 12.8. The fourth-order valence-corrected chi connectivity index (χ4v) is 5.80. The normalized spacial score (nSPS) is 12.2. The Hall–Kier alpha value is -3.14. The lowest BCUT2D eigenvalue weighted by Gasteiger charge is -2.11. The van der Waals surface area contributed by atoms with Crippen LogP contribution in [0.4, 0.5) is 5.82 Å². The number of aryl methyl sites for hydroxylation is 3. The summed E-state index contributed by atoms with van der Waals surface area (Å²) >= 11 is 0. The maximum absolute atomic E-state index is 13.5. The molecule has 0 fully saturated rings. The van der Waals surface area contributed by atoms with Gasteiger partial charge in [-0.2, -0.15) is 0 Å². The molecule has 0 atom stereocenters. The zero-order chi connectivity index (χ0) is 23.1. The zero-order valence-corrected chi connectivity index (χ0v) is 19.4. The van der Waals surface area contributed by atoms with Gasteiger partial charge in [0.15, 0.2) is 0 Å². The van der Waals surface area contributed by atoms with Gasteiger partial charge in [-0.1, -0.05) is 47.5 Å². The van der Waals surface area contributed by atoms with Gasteiger partial charge in [-0.05, 0) is 56.7 Å². The van der Waals surface area contributed by atoms with Crippen LogP contribution in [0.3, 0.4) is 0 Å². The van der Waals surface area contributed by atoms with Crippen molar-refractivity contribution in [3.8, 4) is 0 Å². The van der Waals surface area contributed by atoms with Crippen molar-refractivity contribution in [2.24, 2.45) is 0 Å². The third-order valence-corrected chi connectivity index (χ3v) is 8.27. The van der Waals surface area contributed by atoms with Crippen LogP contribution < -0.4 is 10.3 Å². The largest absolute Gasteiger partial charge is 0.339 e. The van der Waals surface area contributed by atoms with Crippen molar-refractivity contribution in [2.45, 2.75) is 35.5 Å². The van der Waals surface area contributed by atoms with E-state index in [0.717, 1.165) is 16.7 Å². The lowest BCUT2D eigenvalue weighted by Crippen LogP contribution is -2.30. The van der Waals surface area contributed by atoms with Crippen molar-refractivity contribution >= 4 is 36.6 Å². The second-order valence-corrected chi connectivity index (χ2v) is 11.3. The van der Waals surface area contributed by atoms with E-state index in [9.17, 15) is 16.8 Å². The van der Waals surface area contributed by atoms with Crippen LogP contribution in [0, 0.1) is 20.8 Å². The van der Waals surface area contributed by atoms with Crippen molar-refractivity contribution in [3.05, 3.63) is 83.4 Å². The number of hydrogen-bond donors (Lipinski definition) is 3. The number of nitrogens with one attached hydrogen (secondary N) is 3. The predicted octanol–water partition coefficient (Wildman–Crippen LogP) is 4.23. The molecule has 4 aromatic rings. The Bertz CT molecular complexity index is 1500. The van der Waals surface area contributed by atoms with Gasteiger partial charge in [0.25, 0.3) is 10.0 Å². The van der Waals surface area contributed by atoms with Crippen molar-refractivity contribution in [3.63, 3.8) is 0 Å². The third kappa shape index (κ3) is 4.14. The molecule has 1 heterocycles. The fourth-order valence-electron chi connectivity index (χ4n) is 3.38. The second kappa shape index (κ2) is 8.09. The average Bonchev–Trinajstić information content (AvgIpc) is 3.11. The Morgan fingerprint density at radius 2 is 1.22 bits per heavy atom. The highest BCUT2D eigenvalue weighted by Gasteiger charge is 2.27. The molecular formula is C23H23N3O4S2. The van der Waals surface area contributed by atoms with Crippen LogP contribution in [-0.2, 0) is 19.9 Å². The summed E-state index contributed by atoms with van der Waals surface area (Å²) in [4.78, 5) is 5.45. The van der Waals surface area contributed by atoms with Crippen LogP contribution in [0.2, 0.25) is 0 Å². The second-order valence-electron chi connectivity index (χ2n) is 7.74. The molecule has 166 valence electrons. The number of hydrazine groups is 1. The minimum Gasteiger partial charge on any atom is -0.339 e. The number of H-pyrrole nitrogens is 1. The highest BCUT2D eigenvalue weighted by atomic mass is 32.2. The number of sulfonamides is 1. The summed E-state index contributed by atoms with van der Waals surface area (Å²) in [5.41, 5.74) is 5.96. The van der Waals surface area contributed by atoms with Crippen LogP contribution >= 0.6 is 0 Å². The first kappa shape index (κ1) is 22.1. The first-order valence-electron chi connectivity index (χ1n) is 9.86. The molecule has 0 unspecified atom stereocenters. The van der Waals surface area contributed by atoms with E-state index in [4.69, 9.17) is 0 Å². The van der Waals surface area contributed by atoms with E-state index in [1.54, 1.807) is 30.3 Å². The number of benzene rings is 3. The molecule has 0 radical (unpaired) electrons. The summed E-state index contributed by atoms with van der Waals surface area (Å²) in [6, 6.07) is 18.2. The summed E-state index contributed by atoms with van der Waals surface area (Å²) in [6.45, 7) is 5.62. The van der Waals surface area contributed by atoms with Crippen molar-refractivity contribution in [2.75, 3.05) is 5.43 Å². The van der Waals surface area contributed by atoms with Gasteiger partial charge < -0.3 is 4.98 Å². The van der Waals surface area contributed by atoms with Gasteiger partial charge in [-0.25, -0.2) is 16.8 Å². The predicted molar refractivity (Wildman–Crippen MR) is 125 cm³/mol. The molecule has 0 amide bonds. The van der Waals surface area contributed by atoms with Gasteiger partial charge in [0, 0.05) is 10.9 Å². The lowest BCUT2D eigenvalue weighted by molar-refractivity contribution is 0.586. The monoisotopic (exact) mass is 469 g/mol. The summed E-state index contributed by atoms with van der Waals surface area (Å²) in [5.74, 6) is 0.0434. The van der Waals surface area contributed by atoms with E-state index in [-0.39, 0.29) is 20.5 Å². The van der Waals surface area contributed by atoms with E-state index in [1.807, 2.05) is 32.9 Å². The molecule has 7 nitrogen and oxygen atoms in total. The first-order chi connectivity index (χ1) is 15.1. The topological polar surface area (TPSA) is 108 Å². The standard InChI is InChI=1S/C23H23N3O4S2/c1-15-4-9-18(10-5-15)31(27,28)22-20-13-8-17(3)14-21(20)24-23(22)25-26-32(29,30)19-11-6-16(2)7-12-19/h4-14,24-26H,1-3H3. The molecule has 0 aliphatic heterocycles. The van der Waals surface area contributed by atoms with Crippen LogP contribution in [0.5, 0.6) is 0 Å². The number of aromatic nitrogens is 1. The number of anilines is 1. The molecule has 0 saturated heterocycles. The number of fused-ring (bicyclic) bond motifs is 1. The third-order valence-electron chi connectivity index (χ3n) is 5.15. The molecule has 32 heavy (non-hydrogen) atoms. The van der Waals surface area contributed by atoms with Crippen molar-refractivity contribution in [1.82, 2.24) is 9.82 Å². The Morgan fingerprint density at radius 3 is 1.81 bits per heavy atom. The number of aromatic amines is 1. The van der Waals surface area contributed by atoms with E-state index in [2.05, 4.69) is 15.2 Å².